The topological polar surface area (TPSA) is 86.5 Å². The molecule has 0 fully saturated rings. The molecule has 7 heteroatoms. The van der Waals surface area contributed by atoms with Crippen molar-refractivity contribution in [1.29, 1.82) is 0 Å². The van der Waals surface area contributed by atoms with Crippen LogP contribution in [0, 0.1) is 21.3 Å². The third-order valence-corrected chi connectivity index (χ3v) is 2.72. The predicted molar refractivity (Wildman–Crippen MR) is 72.1 cm³/mol. The molecule has 112 valence electrons. The number of halogens is 1. The monoisotopic (exact) mass is 295 g/mol. The second-order valence-corrected chi connectivity index (χ2v) is 5.33. The lowest BCUT2D eigenvalue weighted by Crippen LogP contribution is -2.22. The lowest BCUT2D eigenvalue weighted by Gasteiger charge is -2.19. The molecule has 1 rings (SSSR count). The molecular weight excluding hydrogens is 281 g/mol. The Balaban J connectivity index is 2.91. The highest BCUT2D eigenvalue weighted by atomic mass is 19.1. The van der Waals surface area contributed by atoms with Crippen LogP contribution in [-0.4, -0.2) is 16.9 Å². The maximum Gasteiger partial charge on any atom is 0.346 e. The highest BCUT2D eigenvalue weighted by Gasteiger charge is 2.26. The maximum atomic E-state index is 13.4. The van der Waals surface area contributed by atoms with Crippen LogP contribution in [0.2, 0.25) is 0 Å². The molecule has 0 unspecified atom stereocenters. The molecule has 6 nitrogen and oxygen atoms in total. The van der Waals surface area contributed by atoms with Gasteiger partial charge in [-0.25, -0.2) is 9.59 Å². The van der Waals surface area contributed by atoms with E-state index >= 15 is 0 Å². The number of esters is 2. The van der Waals surface area contributed by atoms with E-state index in [0.29, 0.717) is 6.07 Å². The Labute approximate surface area is 120 Å². The molecule has 0 radical (unpaired) electrons. The lowest BCUT2D eigenvalue weighted by molar-refractivity contribution is -0.387. The zero-order valence-electron chi connectivity index (χ0n) is 11.8. The highest BCUT2D eigenvalue weighted by molar-refractivity contribution is 6.02. The molecule has 0 heterocycles. The normalized spacial score (nSPS) is 10.9. The van der Waals surface area contributed by atoms with Crippen LogP contribution in [0.1, 0.15) is 31.1 Å². The van der Waals surface area contributed by atoms with Gasteiger partial charge in [-0.15, -0.1) is 0 Å². The van der Waals surface area contributed by atoms with Crippen molar-refractivity contribution in [2.75, 3.05) is 0 Å². The SMILES string of the molecule is C=C(C(=O)OC(=O)c1ccc([N+](=O)[O-])c(F)c1)C(C)(C)C. The van der Waals surface area contributed by atoms with Crippen molar-refractivity contribution in [3.05, 3.63) is 51.8 Å². The Morgan fingerprint density at radius 1 is 1.33 bits per heavy atom. The fraction of sp³-hybridized carbons (Fsp3) is 0.286. The summed E-state index contributed by atoms with van der Waals surface area (Å²) in [5.74, 6) is -3.21. The first-order valence-corrected chi connectivity index (χ1v) is 5.94. The molecule has 0 aliphatic carbocycles. The first-order valence-electron chi connectivity index (χ1n) is 5.94. The van der Waals surface area contributed by atoms with E-state index < -0.39 is 33.8 Å². The quantitative estimate of drug-likeness (QED) is 0.281. The summed E-state index contributed by atoms with van der Waals surface area (Å²) in [7, 11) is 0. The third kappa shape index (κ3) is 3.95. The van der Waals surface area contributed by atoms with E-state index in [1.807, 2.05) is 0 Å². The molecule has 0 atom stereocenters. The number of carbonyl (C=O) groups is 2. The van der Waals surface area contributed by atoms with Gasteiger partial charge in [-0.1, -0.05) is 27.4 Å². The molecule has 0 amide bonds. The highest BCUT2D eigenvalue weighted by Crippen LogP contribution is 2.25. The summed E-state index contributed by atoms with van der Waals surface area (Å²) in [5.41, 5.74) is -1.57. The van der Waals surface area contributed by atoms with E-state index in [9.17, 15) is 24.1 Å². The van der Waals surface area contributed by atoms with Crippen LogP contribution in [0.4, 0.5) is 10.1 Å². The minimum atomic E-state index is -1.18. The maximum absolute atomic E-state index is 13.4. The Hall–Kier alpha value is -2.57. The molecule has 21 heavy (non-hydrogen) atoms. The molecule has 0 N–H and O–H groups in total. The second kappa shape index (κ2) is 5.82. The van der Waals surface area contributed by atoms with Gasteiger partial charge in [-0.3, -0.25) is 10.1 Å². The Kier molecular flexibility index (Phi) is 4.57. The summed E-state index contributed by atoms with van der Waals surface area (Å²) in [4.78, 5) is 32.9. The van der Waals surface area contributed by atoms with Gasteiger partial charge in [0.2, 0.25) is 5.82 Å². The molecule has 1 aromatic rings. The van der Waals surface area contributed by atoms with Gasteiger partial charge in [0.15, 0.2) is 0 Å². The van der Waals surface area contributed by atoms with Gasteiger partial charge >= 0.3 is 17.6 Å². The first-order chi connectivity index (χ1) is 9.54. The molecule has 0 saturated heterocycles. The van der Waals surface area contributed by atoms with Crippen molar-refractivity contribution in [1.82, 2.24) is 0 Å². The van der Waals surface area contributed by atoms with Crippen LogP contribution < -0.4 is 0 Å². The summed E-state index contributed by atoms with van der Waals surface area (Å²) in [6.07, 6.45) is 0. The molecule has 0 spiro atoms. The molecule has 0 aliphatic heterocycles. The summed E-state index contributed by atoms with van der Waals surface area (Å²) in [6.45, 7) is 8.68. The van der Waals surface area contributed by atoms with Crippen molar-refractivity contribution in [3.63, 3.8) is 0 Å². The van der Waals surface area contributed by atoms with Crippen LogP contribution >= 0.6 is 0 Å². The van der Waals surface area contributed by atoms with Crippen molar-refractivity contribution in [3.8, 4) is 0 Å². The average molecular weight is 295 g/mol. The number of hydrogen-bond acceptors (Lipinski definition) is 5. The van der Waals surface area contributed by atoms with Gasteiger partial charge < -0.3 is 4.74 Å². The third-order valence-electron chi connectivity index (χ3n) is 2.72. The number of carbonyl (C=O) groups excluding carboxylic acids is 2. The predicted octanol–water partition coefficient (Wildman–Crippen LogP) is 3.02. The Bertz CT molecular complexity index is 631. The van der Waals surface area contributed by atoms with Crippen LogP contribution in [0.5, 0.6) is 0 Å². The van der Waals surface area contributed by atoms with E-state index in [1.165, 1.54) is 0 Å². The van der Waals surface area contributed by atoms with Crippen LogP contribution in [0.25, 0.3) is 0 Å². The van der Waals surface area contributed by atoms with Gasteiger partial charge in [0, 0.05) is 11.6 Å². The molecule has 0 bridgehead atoms. The van der Waals surface area contributed by atoms with Crippen LogP contribution in [-0.2, 0) is 9.53 Å². The lowest BCUT2D eigenvalue weighted by atomic mass is 9.88. The van der Waals surface area contributed by atoms with E-state index in [0.717, 1.165) is 12.1 Å². The van der Waals surface area contributed by atoms with Crippen molar-refractivity contribution >= 4 is 17.6 Å². The van der Waals surface area contributed by atoms with Crippen molar-refractivity contribution < 1.29 is 23.6 Å². The zero-order chi connectivity index (χ0) is 16.4. The van der Waals surface area contributed by atoms with E-state index in [2.05, 4.69) is 11.3 Å². The number of hydrogen-bond donors (Lipinski definition) is 0. The van der Waals surface area contributed by atoms with E-state index in [-0.39, 0.29) is 11.1 Å². The Morgan fingerprint density at radius 3 is 2.33 bits per heavy atom. The van der Waals surface area contributed by atoms with E-state index in [4.69, 9.17) is 0 Å². The molecular formula is C14H14FNO5. The second-order valence-electron chi connectivity index (χ2n) is 5.33. The number of benzene rings is 1. The largest absolute Gasteiger partial charge is 0.386 e. The molecule has 0 aliphatic rings. The number of nitrogens with zero attached hydrogens (tertiary/aromatic N) is 1. The Morgan fingerprint density at radius 2 is 1.90 bits per heavy atom. The fourth-order valence-corrected chi connectivity index (χ4v) is 1.29. The number of nitro groups is 1. The summed E-state index contributed by atoms with van der Waals surface area (Å²) in [6, 6.07) is 2.49. The van der Waals surface area contributed by atoms with Gasteiger partial charge in [-0.2, -0.15) is 4.39 Å². The van der Waals surface area contributed by atoms with E-state index in [1.54, 1.807) is 20.8 Å². The van der Waals surface area contributed by atoms with Crippen LogP contribution in [0.15, 0.2) is 30.4 Å². The summed E-state index contributed by atoms with van der Waals surface area (Å²) >= 11 is 0. The number of ether oxygens (including phenoxy) is 1. The summed E-state index contributed by atoms with van der Waals surface area (Å²) < 4.78 is 18.0. The van der Waals surface area contributed by atoms with Gasteiger partial charge in [-0.05, 0) is 17.5 Å². The zero-order valence-corrected chi connectivity index (χ0v) is 11.8. The fourth-order valence-electron chi connectivity index (χ4n) is 1.29. The van der Waals surface area contributed by atoms with Crippen LogP contribution in [0.3, 0.4) is 0 Å². The van der Waals surface area contributed by atoms with Gasteiger partial charge in [0.25, 0.3) is 0 Å². The van der Waals surface area contributed by atoms with Gasteiger partial charge in [0.1, 0.15) is 0 Å². The molecule has 1 aromatic carbocycles. The van der Waals surface area contributed by atoms with Gasteiger partial charge in [0.05, 0.1) is 10.5 Å². The molecule has 0 aromatic heterocycles. The minimum Gasteiger partial charge on any atom is -0.386 e. The smallest absolute Gasteiger partial charge is 0.346 e. The molecule has 0 saturated carbocycles. The number of rotatable bonds is 3. The minimum absolute atomic E-state index is 0.0817. The van der Waals surface area contributed by atoms with Crippen molar-refractivity contribution in [2.45, 2.75) is 20.8 Å². The standard InChI is InChI=1S/C14H14FNO5/c1-8(14(2,3)4)12(17)21-13(18)9-5-6-11(16(19)20)10(15)7-9/h5-7H,1H2,2-4H3. The first kappa shape index (κ1) is 16.5. The van der Waals surface area contributed by atoms with Crippen molar-refractivity contribution in [2.24, 2.45) is 5.41 Å². The number of nitro benzene ring substituents is 1. The summed E-state index contributed by atoms with van der Waals surface area (Å²) in [5, 5.41) is 10.5. The average Bonchev–Trinajstić information content (AvgIpc) is 2.35.